The van der Waals surface area contributed by atoms with E-state index in [2.05, 4.69) is 12.1 Å². The normalized spacial score (nSPS) is 15.0. The number of carbonyl (C=O) groups excluding carboxylic acids is 2. The number of benzene rings is 2. The highest BCUT2D eigenvalue weighted by Gasteiger charge is 2.25. The first-order chi connectivity index (χ1) is 12.5. The van der Waals surface area contributed by atoms with Gasteiger partial charge in [-0.3, -0.25) is 9.59 Å². The van der Waals surface area contributed by atoms with Gasteiger partial charge in [0.2, 0.25) is 0 Å². The van der Waals surface area contributed by atoms with Crippen LogP contribution in [0, 0.1) is 0 Å². The summed E-state index contributed by atoms with van der Waals surface area (Å²) in [5.41, 5.74) is 13.7. The summed E-state index contributed by atoms with van der Waals surface area (Å²) in [5.74, 6) is -0.712. The van der Waals surface area contributed by atoms with Crippen LogP contribution < -0.4 is 11.5 Å². The summed E-state index contributed by atoms with van der Waals surface area (Å²) in [5, 5.41) is 9.67. The van der Waals surface area contributed by atoms with Gasteiger partial charge in [-0.25, -0.2) is 0 Å². The average Bonchev–Trinajstić information content (AvgIpc) is 2.67. The first-order valence-electron chi connectivity index (χ1n) is 8.70. The molecule has 0 saturated carbocycles. The zero-order chi connectivity index (χ0) is 18.7. The van der Waals surface area contributed by atoms with Crippen molar-refractivity contribution >= 4 is 11.8 Å². The summed E-state index contributed by atoms with van der Waals surface area (Å²) in [7, 11) is 0. The summed E-state index contributed by atoms with van der Waals surface area (Å²) in [6, 6.07) is 12.5. The van der Waals surface area contributed by atoms with E-state index in [0.29, 0.717) is 31.1 Å². The zero-order valence-electron chi connectivity index (χ0n) is 14.5. The van der Waals surface area contributed by atoms with Crippen LogP contribution in [0.15, 0.2) is 42.5 Å². The highest BCUT2D eigenvalue weighted by molar-refractivity contribution is 6.00. The van der Waals surface area contributed by atoms with E-state index in [1.165, 1.54) is 23.8 Å². The Labute approximate surface area is 152 Å². The molecule has 0 unspecified atom stereocenters. The van der Waals surface area contributed by atoms with Crippen LogP contribution in [0.4, 0.5) is 0 Å². The van der Waals surface area contributed by atoms with Gasteiger partial charge in [0.15, 0.2) is 0 Å². The Balaban J connectivity index is 1.69. The van der Waals surface area contributed by atoms with E-state index in [1.54, 1.807) is 4.90 Å². The summed E-state index contributed by atoms with van der Waals surface area (Å²) in [6.45, 7) is 1.81. The van der Waals surface area contributed by atoms with E-state index >= 15 is 0 Å². The molecule has 136 valence electrons. The SMILES string of the molecule is NCc1cccc(C2CCN(C(=O)c3ccc(O)c(C(N)=O)c3)CC2)c1. The maximum absolute atomic E-state index is 12.7. The average molecular weight is 353 g/mol. The molecule has 0 spiro atoms. The molecule has 3 rings (SSSR count). The minimum Gasteiger partial charge on any atom is -0.507 e. The number of aromatic hydroxyl groups is 1. The molecule has 0 aromatic heterocycles. The molecule has 6 nitrogen and oxygen atoms in total. The zero-order valence-corrected chi connectivity index (χ0v) is 14.5. The molecule has 1 aliphatic heterocycles. The van der Waals surface area contributed by atoms with Crippen molar-refractivity contribution in [3.8, 4) is 5.75 Å². The van der Waals surface area contributed by atoms with Gasteiger partial charge in [0, 0.05) is 25.2 Å². The number of carbonyl (C=O) groups is 2. The Hall–Kier alpha value is -2.86. The molecule has 26 heavy (non-hydrogen) atoms. The fraction of sp³-hybridized carbons (Fsp3) is 0.300. The van der Waals surface area contributed by atoms with E-state index in [9.17, 15) is 14.7 Å². The second-order valence-corrected chi connectivity index (χ2v) is 6.61. The molecule has 1 aliphatic rings. The summed E-state index contributed by atoms with van der Waals surface area (Å²) in [4.78, 5) is 25.8. The lowest BCUT2D eigenvalue weighted by molar-refractivity contribution is 0.0713. The third kappa shape index (κ3) is 3.70. The van der Waals surface area contributed by atoms with Gasteiger partial charge >= 0.3 is 0 Å². The number of hydrogen-bond acceptors (Lipinski definition) is 4. The molecule has 2 amide bonds. The molecule has 2 aromatic rings. The molecule has 0 bridgehead atoms. The Morgan fingerprint density at radius 2 is 1.85 bits per heavy atom. The number of phenols is 1. The Bertz CT molecular complexity index is 827. The molecule has 6 heteroatoms. The molecule has 1 fully saturated rings. The molecule has 5 N–H and O–H groups in total. The molecular formula is C20H23N3O3. The van der Waals surface area contributed by atoms with Gasteiger partial charge in [-0.15, -0.1) is 0 Å². The van der Waals surface area contributed by atoms with Crippen LogP contribution in [-0.4, -0.2) is 34.9 Å². The van der Waals surface area contributed by atoms with Crippen molar-refractivity contribution in [3.05, 3.63) is 64.7 Å². The smallest absolute Gasteiger partial charge is 0.253 e. The topological polar surface area (TPSA) is 110 Å². The quantitative estimate of drug-likeness (QED) is 0.780. The van der Waals surface area contributed by atoms with Crippen LogP contribution in [-0.2, 0) is 6.54 Å². The molecular weight excluding hydrogens is 330 g/mol. The van der Waals surface area contributed by atoms with Gasteiger partial charge < -0.3 is 21.5 Å². The van der Waals surface area contributed by atoms with Gasteiger partial charge in [-0.2, -0.15) is 0 Å². The van der Waals surface area contributed by atoms with Crippen molar-refractivity contribution in [2.75, 3.05) is 13.1 Å². The number of nitrogens with zero attached hydrogens (tertiary/aromatic N) is 1. The minimum absolute atomic E-state index is 0.0377. The second-order valence-electron chi connectivity index (χ2n) is 6.61. The van der Waals surface area contributed by atoms with Crippen molar-refractivity contribution in [1.82, 2.24) is 4.90 Å². The van der Waals surface area contributed by atoms with Crippen LogP contribution in [0.1, 0.15) is 50.6 Å². The van der Waals surface area contributed by atoms with Crippen LogP contribution in [0.5, 0.6) is 5.75 Å². The van der Waals surface area contributed by atoms with E-state index in [1.807, 2.05) is 12.1 Å². The number of nitrogens with two attached hydrogens (primary N) is 2. The van der Waals surface area contributed by atoms with Crippen LogP contribution in [0.2, 0.25) is 0 Å². The lowest BCUT2D eigenvalue weighted by Crippen LogP contribution is -2.38. The third-order valence-electron chi connectivity index (χ3n) is 4.95. The third-order valence-corrected chi connectivity index (χ3v) is 4.95. The van der Waals surface area contributed by atoms with Crippen molar-refractivity contribution in [2.45, 2.75) is 25.3 Å². The Kier molecular flexibility index (Phi) is 5.23. The van der Waals surface area contributed by atoms with Gasteiger partial charge in [0.25, 0.3) is 11.8 Å². The summed E-state index contributed by atoms with van der Waals surface area (Å²) >= 11 is 0. The fourth-order valence-corrected chi connectivity index (χ4v) is 3.44. The predicted molar refractivity (Wildman–Crippen MR) is 98.8 cm³/mol. The highest BCUT2D eigenvalue weighted by Crippen LogP contribution is 2.29. The number of likely N-dealkylation sites (tertiary alicyclic amines) is 1. The van der Waals surface area contributed by atoms with E-state index in [4.69, 9.17) is 11.5 Å². The maximum Gasteiger partial charge on any atom is 0.253 e. The predicted octanol–water partition coefficient (Wildman–Crippen LogP) is 1.97. The fourth-order valence-electron chi connectivity index (χ4n) is 3.44. The molecule has 1 heterocycles. The van der Waals surface area contributed by atoms with Gasteiger partial charge in [0.05, 0.1) is 5.56 Å². The lowest BCUT2D eigenvalue weighted by Gasteiger charge is -2.32. The van der Waals surface area contributed by atoms with Crippen molar-refractivity contribution in [1.29, 1.82) is 0 Å². The largest absolute Gasteiger partial charge is 0.507 e. The standard InChI is InChI=1S/C20H23N3O3/c21-12-13-2-1-3-15(10-13)14-6-8-23(9-7-14)20(26)16-4-5-18(24)17(11-16)19(22)25/h1-5,10-11,14,24H,6-9,12,21H2,(H2,22,25). The highest BCUT2D eigenvalue weighted by atomic mass is 16.3. The number of piperidine rings is 1. The van der Waals surface area contributed by atoms with E-state index in [0.717, 1.165) is 18.4 Å². The maximum atomic E-state index is 12.7. The monoisotopic (exact) mass is 353 g/mol. The van der Waals surface area contributed by atoms with Crippen LogP contribution in [0.3, 0.4) is 0 Å². The van der Waals surface area contributed by atoms with E-state index in [-0.39, 0.29) is 17.2 Å². The van der Waals surface area contributed by atoms with Gasteiger partial charge in [0.1, 0.15) is 5.75 Å². The summed E-state index contributed by atoms with van der Waals surface area (Å²) < 4.78 is 0. The molecule has 0 radical (unpaired) electrons. The molecule has 1 saturated heterocycles. The minimum atomic E-state index is -0.754. The number of rotatable bonds is 4. The van der Waals surface area contributed by atoms with Crippen molar-refractivity contribution in [2.24, 2.45) is 11.5 Å². The Morgan fingerprint density at radius 3 is 2.50 bits per heavy atom. The molecule has 0 aliphatic carbocycles. The number of amides is 2. The lowest BCUT2D eigenvalue weighted by atomic mass is 9.88. The van der Waals surface area contributed by atoms with Gasteiger partial charge in [-0.05, 0) is 48.1 Å². The number of hydrogen-bond donors (Lipinski definition) is 3. The van der Waals surface area contributed by atoms with Gasteiger partial charge in [-0.1, -0.05) is 24.3 Å². The first kappa shape index (κ1) is 17.9. The van der Waals surface area contributed by atoms with Crippen molar-refractivity contribution in [3.63, 3.8) is 0 Å². The number of primary amides is 1. The Morgan fingerprint density at radius 1 is 1.12 bits per heavy atom. The first-order valence-corrected chi connectivity index (χ1v) is 8.70. The molecule has 2 aromatic carbocycles. The van der Waals surface area contributed by atoms with E-state index < -0.39 is 5.91 Å². The molecule has 0 atom stereocenters. The van der Waals surface area contributed by atoms with Crippen molar-refractivity contribution < 1.29 is 14.7 Å². The van der Waals surface area contributed by atoms with Crippen LogP contribution in [0.25, 0.3) is 0 Å². The summed E-state index contributed by atoms with van der Waals surface area (Å²) in [6.07, 6.45) is 1.75. The van der Waals surface area contributed by atoms with Crippen LogP contribution >= 0.6 is 0 Å². The second kappa shape index (κ2) is 7.58.